The molecule has 0 bridgehead atoms. The summed E-state index contributed by atoms with van der Waals surface area (Å²) in [5.41, 5.74) is -0.998. The molecule has 25 heteroatoms. The van der Waals surface area contributed by atoms with Crippen LogP contribution in [0.25, 0.3) is 21.5 Å². The number of benzene rings is 5. The monoisotopic (exact) mass is 970 g/mol. The van der Waals surface area contributed by atoms with Gasteiger partial charge in [0.15, 0.2) is 5.75 Å². The highest BCUT2D eigenvalue weighted by Gasteiger charge is 2.39. The van der Waals surface area contributed by atoms with E-state index in [1.54, 1.807) is 17.0 Å². The molecule has 6 aromatic rings. The van der Waals surface area contributed by atoms with E-state index in [1.165, 1.54) is 24.3 Å². The van der Waals surface area contributed by atoms with Gasteiger partial charge in [0.2, 0.25) is 17.8 Å². The molecule has 0 atom stereocenters. The summed E-state index contributed by atoms with van der Waals surface area (Å²) in [7, 11) is -18.3. The number of phenols is 1. The summed E-state index contributed by atoms with van der Waals surface area (Å²) in [6, 6.07) is 20.8. The van der Waals surface area contributed by atoms with Crippen LogP contribution in [0.1, 0.15) is 34.1 Å². The molecule has 6 N–H and O–H groups in total. The Labute approximate surface area is 376 Å². The van der Waals surface area contributed by atoms with Gasteiger partial charge in [-0.25, -0.2) is 0 Å². The molecule has 0 radical (unpaired) electrons. The zero-order valence-corrected chi connectivity index (χ0v) is 38.9. The Bertz CT molecular complexity index is 3060. The summed E-state index contributed by atoms with van der Waals surface area (Å²) in [4.78, 5) is 13.0. The summed E-state index contributed by atoms with van der Waals surface area (Å²) in [6.07, 6.45) is 0.499. The van der Waals surface area contributed by atoms with Crippen LogP contribution in [0.3, 0.4) is 0 Å². The summed E-state index contributed by atoms with van der Waals surface area (Å²) in [5, 5.41) is 25.4. The minimum absolute atomic E-state index is 0.0457. The lowest BCUT2D eigenvalue weighted by Gasteiger charge is -2.28. The van der Waals surface area contributed by atoms with Crippen LogP contribution in [-0.4, -0.2) is 101 Å². The number of aromatic nitrogens is 3. The van der Waals surface area contributed by atoms with Crippen LogP contribution in [0, 0.1) is 0 Å². The smallest absolute Gasteiger partial charge is 0.500 e. The van der Waals surface area contributed by atoms with Crippen LogP contribution < -0.4 is 15.5 Å². The van der Waals surface area contributed by atoms with Gasteiger partial charge in [-0.15, -0.1) is 10.2 Å². The molecule has 0 aliphatic carbocycles. The number of para-hydroxylation sites is 1. The van der Waals surface area contributed by atoms with Crippen molar-refractivity contribution in [1.82, 2.24) is 15.0 Å². The summed E-state index contributed by atoms with van der Waals surface area (Å²) in [5.74, 6) is -1.06. The van der Waals surface area contributed by atoms with Crippen LogP contribution >= 0.6 is 0 Å². The van der Waals surface area contributed by atoms with E-state index in [2.05, 4.69) is 35.8 Å². The Hall–Kier alpha value is -5.74. The SMILES string of the molecule is CCO[Si](CCCNc1nc(Nc2cc(S(=O)(=O)O)cc3cc(S(=O)(=O)O)c(/N=N/c4ccc5ccccc5c4S(=O)(=O)O)c(O)c23)nc(N(CC)c2ccccc2)n1)(OCC)OCC. The second kappa shape index (κ2) is 20.2. The van der Waals surface area contributed by atoms with Crippen LogP contribution in [0.2, 0.25) is 6.04 Å². The first-order chi connectivity index (χ1) is 30.8. The highest BCUT2D eigenvalue weighted by molar-refractivity contribution is 7.86. The molecular weight excluding hydrogens is 925 g/mol. The molecule has 0 aliphatic heterocycles. The number of nitrogens with one attached hydrogen (secondary N) is 2. The minimum atomic E-state index is -5.31. The van der Waals surface area contributed by atoms with Gasteiger partial charge in [-0.1, -0.05) is 48.5 Å². The first kappa shape index (κ1) is 48.7. The maximum absolute atomic E-state index is 12.8. The standard InChI is InChI=1S/C40H46N8O13S3Si/c1-5-48(28-16-10-9-11-17-28)40-44-38(41-21-14-22-65(59-6-2,60-7-3)61-8-4)43-39(45-40)42-32-25-29(62(50,51)52)23-27-24-33(63(53,54)55)35(36(49)34(27)32)47-46-31-20-19-26-15-12-13-18-30(26)37(31)64(56,57)58/h9-13,15-20,23-25,49H,5-8,14,21-22H2,1-4H3,(H,50,51,52)(H,53,54,55)(H,56,57,58)(H2,41,42,43,44,45)/b47-46+. The van der Waals surface area contributed by atoms with Crippen molar-refractivity contribution >= 4 is 101 Å². The van der Waals surface area contributed by atoms with E-state index < -0.39 is 71.0 Å². The summed E-state index contributed by atoms with van der Waals surface area (Å²) < 4.78 is 125. The molecule has 6 rings (SSSR count). The number of anilines is 5. The fourth-order valence-corrected chi connectivity index (χ4v) is 11.6. The van der Waals surface area contributed by atoms with Crippen molar-refractivity contribution < 1.29 is 57.3 Å². The van der Waals surface area contributed by atoms with Crippen LogP contribution in [0.4, 0.5) is 40.6 Å². The van der Waals surface area contributed by atoms with Crippen molar-refractivity contribution in [3.8, 4) is 5.75 Å². The minimum Gasteiger partial charge on any atom is -0.505 e. The third-order valence-corrected chi connectivity index (χ3v) is 15.4. The Kier molecular flexibility index (Phi) is 15.1. The van der Waals surface area contributed by atoms with Gasteiger partial charge in [0.05, 0.1) is 10.6 Å². The molecule has 1 heterocycles. The number of rotatable bonds is 21. The van der Waals surface area contributed by atoms with E-state index in [4.69, 9.17) is 13.3 Å². The predicted octanol–water partition coefficient (Wildman–Crippen LogP) is 7.79. The number of azo groups is 1. The molecule has 0 unspecified atom stereocenters. The van der Waals surface area contributed by atoms with Crippen molar-refractivity contribution in [3.63, 3.8) is 0 Å². The van der Waals surface area contributed by atoms with E-state index in [0.29, 0.717) is 56.4 Å². The molecule has 0 saturated carbocycles. The van der Waals surface area contributed by atoms with Crippen molar-refractivity contribution in [1.29, 1.82) is 0 Å². The van der Waals surface area contributed by atoms with Crippen LogP contribution in [0.15, 0.2) is 110 Å². The van der Waals surface area contributed by atoms with Crippen LogP contribution in [0.5, 0.6) is 5.75 Å². The quantitative estimate of drug-likeness (QED) is 0.0173. The highest BCUT2D eigenvalue weighted by atomic mass is 32.2. The predicted molar refractivity (Wildman–Crippen MR) is 244 cm³/mol. The third-order valence-electron chi connectivity index (χ3n) is 9.60. The van der Waals surface area contributed by atoms with Crippen molar-refractivity contribution in [3.05, 3.63) is 84.9 Å². The van der Waals surface area contributed by atoms with Gasteiger partial charge in [-0.2, -0.15) is 40.2 Å². The molecular formula is C40H46N8O13S3Si. The lowest BCUT2D eigenvalue weighted by molar-refractivity contribution is 0.0710. The van der Waals surface area contributed by atoms with Gasteiger partial charge >= 0.3 is 8.80 Å². The largest absolute Gasteiger partial charge is 0.505 e. The molecule has 0 spiro atoms. The van der Waals surface area contributed by atoms with Gasteiger partial charge in [0, 0.05) is 55.4 Å². The van der Waals surface area contributed by atoms with E-state index in [-0.39, 0.29) is 39.7 Å². The molecule has 65 heavy (non-hydrogen) atoms. The average Bonchev–Trinajstić information content (AvgIpc) is 3.24. The number of nitrogens with zero attached hydrogens (tertiary/aromatic N) is 6. The van der Waals surface area contributed by atoms with Gasteiger partial charge in [0.1, 0.15) is 21.2 Å². The first-order valence-electron chi connectivity index (χ1n) is 20.0. The number of aromatic hydroxyl groups is 1. The zero-order chi connectivity index (χ0) is 47.2. The molecule has 0 saturated heterocycles. The second-order valence-corrected chi connectivity index (χ2v) is 20.8. The van der Waals surface area contributed by atoms with Crippen molar-refractivity contribution in [2.24, 2.45) is 10.2 Å². The Balaban J connectivity index is 1.51. The second-order valence-electron chi connectivity index (χ2n) is 13.9. The lowest BCUT2D eigenvalue weighted by atomic mass is 10.1. The summed E-state index contributed by atoms with van der Waals surface area (Å²) in [6.45, 7) is 9.25. The number of hydrogen-bond donors (Lipinski definition) is 6. The van der Waals surface area contributed by atoms with E-state index in [9.17, 15) is 44.0 Å². The van der Waals surface area contributed by atoms with Gasteiger partial charge in [0.25, 0.3) is 30.4 Å². The maximum Gasteiger partial charge on any atom is 0.500 e. The molecule has 21 nitrogen and oxygen atoms in total. The maximum atomic E-state index is 12.8. The first-order valence-corrected chi connectivity index (χ1v) is 26.3. The average molecular weight is 971 g/mol. The van der Waals surface area contributed by atoms with Crippen molar-refractivity contribution in [2.45, 2.75) is 54.8 Å². The normalized spacial score (nSPS) is 12.6. The number of phenolic OH excluding ortho intramolecular Hbond substituents is 1. The molecule has 0 amide bonds. The third kappa shape index (κ3) is 11.4. The number of fused-ring (bicyclic) bond motifs is 2. The van der Waals surface area contributed by atoms with Gasteiger partial charge < -0.3 is 33.9 Å². The van der Waals surface area contributed by atoms with Crippen molar-refractivity contribution in [2.75, 3.05) is 48.4 Å². The Morgan fingerprint density at radius 2 is 1.35 bits per heavy atom. The molecule has 346 valence electrons. The Morgan fingerprint density at radius 3 is 1.97 bits per heavy atom. The zero-order valence-electron chi connectivity index (χ0n) is 35.4. The van der Waals surface area contributed by atoms with E-state index >= 15 is 0 Å². The van der Waals surface area contributed by atoms with E-state index in [0.717, 1.165) is 18.2 Å². The molecule has 0 aliphatic rings. The highest BCUT2D eigenvalue weighted by Crippen LogP contribution is 2.46. The molecule has 0 fully saturated rings. The van der Waals surface area contributed by atoms with Crippen LogP contribution in [-0.2, 0) is 43.6 Å². The Morgan fingerprint density at radius 1 is 0.708 bits per heavy atom. The van der Waals surface area contributed by atoms with Gasteiger partial charge in [-0.05, 0) is 81.3 Å². The topological polar surface area (TPSA) is 302 Å². The number of hydrogen-bond acceptors (Lipinski definition) is 18. The van der Waals surface area contributed by atoms with Gasteiger partial charge in [-0.3, -0.25) is 13.7 Å². The molecule has 5 aromatic carbocycles. The fraction of sp³-hybridized carbons (Fsp3) is 0.275. The fourth-order valence-electron chi connectivity index (χ4n) is 6.98. The van der Waals surface area contributed by atoms with E-state index in [1.807, 2.05) is 58.0 Å². The molecule has 1 aromatic heterocycles. The lowest BCUT2D eigenvalue weighted by Crippen LogP contribution is -2.46. The summed E-state index contributed by atoms with van der Waals surface area (Å²) >= 11 is 0.